The summed E-state index contributed by atoms with van der Waals surface area (Å²) in [4.78, 5) is 0. The summed E-state index contributed by atoms with van der Waals surface area (Å²) in [6.07, 6.45) is 0. The van der Waals surface area contributed by atoms with E-state index in [9.17, 15) is 5.11 Å². The molecule has 15 heavy (non-hydrogen) atoms. The highest BCUT2D eigenvalue weighted by atomic mass is 16.3. The van der Waals surface area contributed by atoms with Gasteiger partial charge in [0, 0.05) is 30.6 Å². The number of hydrogen-bond acceptors (Lipinski definition) is 3. The van der Waals surface area contributed by atoms with Crippen LogP contribution in [0, 0.1) is 0 Å². The lowest BCUT2D eigenvalue weighted by Gasteiger charge is -2.14. The summed E-state index contributed by atoms with van der Waals surface area (Å²) in [5, 5.41) is 13.6. The molecule has 0 radical (unpaired) electrons. The molecule has 4 heteroatoms. The SMILES string of the molecule is Cn1nc(C(C)(C)C)cc1C(CN)CO. The zero-order chi connectivity index (χ0) is 11.6. The van der Waals surface area contributed by atoms with Gasteiger partial charge in [0.15, 0.2) is 0 Å². The number of nitrogens with two attached hydrogens (primary N) is 1. The number of aliphatic hydroxyl groups is 1. The quantitative estimate of drug-likeness (QED) is 0.775. The van der Waals surface area contributed by atoms with Gasteiger partial charge < -0.3 is 10.8 Å². The third-order valence-electron chi connectivity index (χ3n) is 2.61. The van der Waals surface area contributed by atoms with Crippen LogP contribution in [0.2, 0.25) is 0 Å². The van der Waals surface area contributed by atoms with Crippen LogP contribution in [0.5, 0.6) is 0 Å². The second-order valence-corrected chi connectivity index (χ2v) is 4.94. The number of hydrogen-bond donors (Lipinski definition) is 2. The maximum atomic E-state index is 9.19. The van der Waals surface area contributed by atoms with Gasteiger partial charge in [-0.3, -0.25) is 4.68 Å². The van der Waals surface area contributed by atoms with E-state index in [0.29, 0.717) is 6.54 Å². The topological polar surface area (TPSA) is 64.1 Å². The first-order valence-corrected chi connectivity index (χ1v) is 5.25. The predicted molar refractivity (Wildman–Crippen MR) is 60.8 cm³/mol. The van der Waals surface area contributed by atoms with Crippen LogP contribution in [0.25, 0.3) is 0 Å². The zero-order valence-corrected chi connectivity index (χ0v) is 9.99. The van der Waals surface area contributed by atoms with E-state index in [-0.39, 0.29) is 17.9 Å². The Hall–Kier alpha value is -0.870. The summed E-state index contributed by atoms with van der Waals surface area (Å²) in [5.74, 6) is -0.0152. The van der Waals surface area contributed by atoms with Gasteiger partial charge in [0.05, 0.1) is 12.3 Å². The summed E-state index contributed by atoms with van der Waals surface area (Å²) in [6, 6.07) is 2.04. The molecule has 0 saturated heterocycles. The summed E-state index contributed by atoms with van der Waals surface area (Å²) in [7, 11) is 1.89. The van der Waals surface area contributed by atoms with E-state index in [0.717, 1.165) is 11.4 Å². The Kier molecular flexibility index (Phi) is 3.52. The van der Waals surface area contributed by atoms with Gasteiger partial charge in [0.25, 0.3) is 0 Å². The second kappa shape index (κ2) is 4.33. The normalized spacial score (nSPS) is 14.3. The van der Waals surface area contributed by atoms with Crippen LogP contribution in [-0.4, -0.2) is 28.0 Å². The maximum absolute atomic E-state index is 9.19. The molecular formula is C11H21N3O. The lowest BCUT2D eigenvalue weighted by atomic mass is 9.91. The zero-order valence-electron chi connectivity index (χ0n) is 9.99. The molecule has 1 aromatic rings. The van der Waals surface area contributed by atoms with Crippen molar-refractivity contribution in [2.75, 3.05) is 13.2 Å². The molecule has 1 aromatic heterocycles. The number of aliphatic hydroxyl groups excluding tert-OH is 1. The van der Waals surface area contributed by atoms with E-state index in [2.05, 4.69) is 25.9 Å². The van der Waals surface area contributed by atoms with Crippen molar-refractivity contribution in [2.45, 2.75) is 32.1 Å². The fourth-order valence-corrected chi connectivity index (χ4v) is 1.52. The number of rotatable bonds is 3. The van der Waals surface area contributed by atoms with Gasteiger partial charge in [-0.15, -0.1) is 0 Å². The Morgan fingerprint density at radius 2 is 2.13 bits per heavy atom. The van der Waals surface area contributed by atoms with Crippen LogP contribution in [0.15, 0.2) is 6.07 Å². The molecule has 4 nitrogen and oxygen atoms in total. The van der Waals surface area contributed by atoms with E-state index >= 15 is 0 Å². The maximum Gasteiger partial charge on any atom is 0.0680 e. The van der Waals surface area contributed by atoms with Crippen LogP contribution < -0.4 is 5.73 Å². The third-order valence-corrected chi connectivity index (χ3v) is 2.61. The number of aryl methyl sites for hydroxylation is 1. The highest BCUT2D eigenvalue weighted by Gasteiger charge is 2.21. The van der Waals surface area contributed by atoms with Gasteiger partial charge in [-0.1, -0.05) is 20.8 Å². The summed E-state index contributed by atoms with van der Waals surface area (Å²) in [6.45, 7) is 6.87. The Labute approximate surface area is 91.1 Å². The van der Waals surface area contributed by atoms with E-state index in [1.807, 2.05) is 17.8 Å². The number of nitrogens with zero attached hydrogens (tertiary/aromatic N) is 2. The standard InChI is InChI=1S/C11H21N3O/c1-11(2,3)10-5-9(14(4)13-10)8(6-12)7-15/h5,8,15H,6-7,12H2,1-4H3. The second-order valence-electron chi connectivity index (χ2n) is 4.94. The van der Waals surface area contributed by atoms with Gasteiger partial charge in [-0.2, -0.15) is 5.10 Å². The van der Waals surface area contributed by atoms with Gasteiger partial charge in [0.1, 0.15) is 0 Å². The molecule has 0 aromatic carbocycles. The first-order chi connectivity index (χ1) is 6.90. The minimum atomic E-state index is -0.0152. The van der Waals surface area contributed by atoms with Crippen LogP contribution >= 0.6 is 0 Å². The Balaban J connectivity index is 3.06. The molecule has 0 saturated carbocycles. The van der Waals surface area contributed by atoms with Crippen LogP contribution in [0.1, 0.15) is 38.1 Å². The van der Waals surface area contributed by atoms with Crippen molar-refractivity contribution < 1.29 is 5.11 Å². The number of aromatic nitrogens is 2. The third kappa shape index (κ3) is 2.58. The molecule has 3 N–H and O–H groups in total. The van der Waals surface area contributed by atoms with Crippen molar-refractivity contribution in [1.82, 2.24) is 9.78 Å². The minimum absolute atomic E-state index is 0.0152. The molecule has 86 valence electrons. The molecule has 0 aliphatic rings. The van der Waals surface area contributed by atoms with Crippen LogP contribution in [0.3, 0.4) is 0 Å². The smallest absolute Gasteiger partial charge is 0.0680 e. The van der Waals surface area contributed by atoms with Crippen LogP contribution in [-0.2, 0) is 12.5 Å². The Bertz CT molecular complexity index is 321. The van der Waals surface area contributed by atoms with E-state index in [4.69, 9.17) is 5.73 Å². The van der Waals surface area contributed by atoms with Crippen molar-refractivity contribution in [3.05, 3.63) is 17.5 Å². The van der Waals surface area contributed by atoms with Crippen molar-refractivity contribution in [1.29, 1.82) is 0 Å². The molecule has 0 fully saturated rings. The average molecular weight is 211 g/mol. The highest BCUT2D eigenvalue weighted by molar-refractivity contribution is 5.20. The summed E-state index contributed by atoms with van der Waals surface area (Å²) >= 11 is 0. The molecule has 0 aliphatic carbocycles. The Morgan fingerprint density at radius 1 is 1.53 bits per heavy atom. The lowest BCUT2D eigenvalue weighted by molar-refractivity contribution is 0.263. The highest BCUT2D eigenvalue weighted by Crippen LogP contribution is 2.24. The fraction of sp³-hybridized carbons (Fsp3) is 0.727. The Morgan fingerprint density at radius 3 is 2.47 bits per heavy atom. The fourth-order valence-electron chi connectivity index (χ4n) is 1.52. The molecular weight excluding hydrogens is 190 g/mol. The molecule has 0 amide bonds. The molecule has 1 heterocycles. The minimum Gasteiger partial charge on any atom is -0.396 e. The average Bonchev–Trinajstić information content (AvgIpc) is 2.50. The molecule has 1 unspecified atom stereocenters. The first-order valence-electron chi connectivity index (χ1n) is 5.25. The molecule has 0 spiro atoms. The van der Waals surface area contributed by atoms with Gasteiger partial charge >= 0.3 is 0 Å². The van der Waals surface area contributed by atoms with Crippen molar-refractivity contribution in [3.63, 3.8) is 0 Å². The molecule has 0 bridgehead atoms. The van der Waals surface area contributed by atoms with Crippen molar-refractivity contribution >= 4 is 0 Å². The summed E-state index contributed by atoms with van der Waals surface area (Å²) < 4.78 is 1.81. The van der Waals surface area contributed by atoms with Crippen LogP contribution in [0.4, 0.5) is 0 Å². The van der Waals surface area contributed by atoms with E-state index in [1.54, 1.807) is 0 Å². The summed E-state index contributed by atoms with van der Waals surface area (Å²) in [5.41, 5.74) is 7.67. The van der Waals surface area contributed by atoms with Crippen molar-refractivity contribution in [2.24, 2.45) is 12.8 Å². The predicted octanol–water partition coefficient (Wildman–Crippen LogP) is 0.752. The van der Waals surface area contributed by atoms with Gasteiger partial charge in [-0.25, -0.2) is 0 Å². The van der Waals surface area contributed by atoms with Gasteiger partial charge in [0.2, 0.25) is 0 Å². The molecule has 1 atom stereocenters. The molecule has 0 aliphatic heterocycles. The first kappa shape index (κ1) is 12.2. The largest absolute Gasteiger partial charge is 0.396 e. The van der Waals surface area contributed by atoms with E-state index < -0.39 is 0 Å². The van der Waals surface area contributed by atoms with E-state index in [1.165, 1.54) is 0 Å². The molecule has 1 rings (SSSR count). The van der Waals surface area contributed by atoms with Crippen molar-refractivity contribution in [3.8, 4) is 0 Å². The van der Waals surface area contributed by atoms with Gasteiger partial charge in [-0.05, 0) is 6.07 Å². The lowest BCUT2D eigenvalue weighted by Crippen LogP contribution is -2.18. The monoisotopic (exact) mass is 211 g/mol.